The van der Waals surface area contributed by atoms with Crippen LogP contribution in [0.2, 0.25) is 5.02 Å². The fourth-order valence-corrected chi connectivity index (χ4v) is 4.33. The van der Waals surface area contributed by atoms with Crippen LogP contribution in [0.5, 0.6) is 5.75 Å². The van der Waals surface area contributed by atoms with Gasteiger partial charge in [-0.15, -0.1) is 10.2 Å². The van der Waals surface area contributed by atoms with Gasteiger partial charge in [0.1, 0.15) is 5.75 Å². The molecule has 4 aromatic rings. The van der Waals surface area contributed by atoms with Gasteiger partial charge >= 0.3 is 0 Å². The molecule has 0 saturated carbocycles. The van der Waals surface area contributed by atoms with E-state index < -0.39 is 6.10 Å². The van der Waals surface area contributed by atoms with E-state index in [1.54, 1.807) is 6.07 Å². The molecule has 0 saturated heterocycles. The van der Waals surface area contributed by atoms with Crippen molar-refractivity contribution in [2.75, 3.05) is 11.1 Å². The molecule has 1 atom stereocenters. The maximum Gasteiger partial charge on any atom is 0.234 e. The van der Waals surface area contributed by atoms with Crippen molar-refractivity contribution in [2.45, 2.75) is 31.5 Å². The van der Waals surface area contributed by atoms with Crippen LogP contribution in [0.3, 0.4) is 0 Å². The number of hydrogen-bond donors (Lipinski definition) is 1. The van der Waals surface area contributed by atoms with Gasteiger partial charge in [-0.2, -0.15) is 0 Å². The second-order valence-electron chi connectivity index (χ2n) is 7.59. The fraction of sp³-hybridized carbons (Fsp3) is 0.192. The SMILES string of the molecule is CCc1ccc(NC(=O)CSc2nnc(C(C)Oc3ccccc3Cl)n2-c2ccccc2)cc1. The van der Waals surface area contributed by atoms with Gasteiger partial charge in [0.25, 0.3) is 0 Å². The zero-order valence-corrected chi connectivity index (χ0v) is 20.5. The summed E-state index contributed by atoms with van der Waals surface area (Å²) in [5.41, 5.74) is 2.88. The highest BCUT2D eigenvalue weighted by Gasteiger charge is 2.22. The summed E-state index contributed by atoms with van der Waals surface area (Å²) in [6, 6.07) is 24.9. The predicted octanol–water partition coefficient (Wildman–Crippen LogP) is 6.35. The molecule has 1 aromatic heterocycles. The van der Waals surface area contributed by atoms with Gasteiger partial charge in [-0.05, 0) is 55.3 Å². The van der Waals surface area contributed by atoms with Crippen LogP contribution in [0.15, 0.2) is 84.0 Å². The maximum atomic E-state index is 12.6. The van der Waals surface area contributed by atoms with Crippen LogP contribution in [0.1, 0.15) is 31.3 Å². The third-order valence-corrected chi connectivity index (χ3v) is 6.40. The topological polar surface area (TPSA) is 69.0 Å². The molecule has 0 aliphatic heterocycles. The third kappa shape index (κ3) is 5.79. The average molecular weight is 493 g/mol. The monoisotopic (exact) mass is 492 g/mol. The molecule has 34 heavy (non-hydrogen) atoms. The number of aromatic nitrogens is 3. The molecule has 1 unspecified atom stereocenters. The minimum atomic E-state index is -0.423. The maximum absolute atomic E-state index is 12.6. The number of carbonyl (C=O) groups is 1. The van der Waals surface area contributed by atoms with E-state index in [0.29, 0.717) is 21.8 Å². The molecule has 0 spiro atoms. The Hall–Kier alpha value is -3.29. The average Bonchev–Trinajstić information content (AvgIpc) is 3.29. The van der Waals surface area contributed by atoms with Crippen molar-refractivity contribution >= 4 is 35.0 Å². The number of anilines is 1. The summed E-state index contributed by atoms with van der Waals surface area (Å²) in [7, 11) is 0. The highest BCUT2D eigenvalue weighted by molar-refractivity contribution is 7.99. The number of para-hydroxylation sites is 2. The molecule has 8 heteroatoms. The lowest BCUT2D eigenvalue weighted by Gasteiger charge is -2.17. The first-order valence-corrected chi connectivity index (χ1v) is 12.3. The number of thioether (sulfide) groups is 1. The Kier molecular flexibility index (Phi) is 7.87. The van der Waals surface area contributed by atoms with Gasteiger partial charge in [-0.3, -0.25) is 9.36 Å². The van der Waals surface area contributed by atoms with Crippen LogP contribution < -0.4 is 10.1 Å². The molecule has 6 nitrogen and oxygen atoms in total. The normalized spacial score (nSPS) is 11.7. The Morgan fingerprint density at radius 1 is 1.03 bits per heavy atom. The number of benzene rings is 3. The Morgan fingerprint density at radius 3 is 2.44 bits per heavy atom. The summed E-state index contributed by atoms with van der Waals surface area (Å²) < 4.78 is 8.00. The minimum absolute atomic E-state index is 0.112. The van der Waals surface area contributed by atoms with E-state index in [9.17, 15) is 4.79 Å². The van der Waals surface area contributed by atoms with Gasteiger partial charge < -0.3 is 10.1 Å². The van der Waals surface area contributed by atoms with Crippen LogP contribution in [0.25, 0.3) is 5.69 Å². The Bertz CT molecular complexity index is 1250. The second kappa shape index (κ2) is 11.2. The van der Waals surface area contributed by atoms with Crippen molar-refractivity contribution < 1.29 is 9.53 Å². The molecule has 174 valence electrons. The summed E-state index contributed by atoms with van der Waals surface area (Å²) in [5.74, 6) is 1.27. The Labute approximate surface area is 208 Å². The fourth-order valence-electron chi connectivity index (χ4n) is 3.39. The van der Waals surface area contributed by atoms with Crippen molar-refractivity contribution in [3.8, 4) is 11.4 Å². The number of halogens is 1. The van der Waals surface area contributed by atoms with Crippen molar-refractivity contribution in [3.05, 3.63) is 95.3 Å². The zero-order chi connectivity index (χ0) is 23.9. The van der Waals surface area contributed by atoms with E-state index in [1.807, 2.05) is 84.3 Å². The lowest BCUT2D eigenvalue weighted by molar-refractivity contribution is -0.113. The van der Waals surface area contributed by atoms with E-state index in [1.165, 1.54) is 17.3 Å². The second-order valence-corrected chi connectivity index (χ2v) is 8.94. The first-order valence-electron chi connectivity index (χ1n) is 11.0. The van der Waals surface area contributed by atoms with Gasteiger partial charge in [-0.25, -0.2) is 0 Å². The van der Waals surface area contributed by atoms with Crippen LogP contribution in [-0.4, -0.2) is 26.4 Å². The smallest absolute Gasteiger partial charge is 0.234 e. The lowest BCUT2D eigenvalue weighted by atomic mass is 10.1. The number of aryl methyl sites for hydroxylation is 1. The minimum Gasteiger partial charge on any atom is -0.481 e. The van der Waals surface area contributed by atoms with Gasteiger partial charge in [-0.1, -0.05) is 72.8 Å². The largest absolute Gasteiger partial charge is 0.481 e. The molecule has 0 aliphatic rings. The molecule has 1 amide bonds. The number of amides is 1. The van der Waals surface area contributed by atoms with E-state index in [0.717, 1.165) is 17.8 Å². The molecule has 3 aromatic carbocycles. The summed E-state index contributed by atoms with van der Waals surface area (Å²) in [6.45, 7) is 4.00. The van der Waals surface area contributed by atoms with E-state index in [2.05, 4.69) is 22.4 Å². The number of ether oxygens (including phenoxy) is 1. The molecule has 4 rings (SSSR count). The Morgan fingerprint density at radius 2 is 1.74 bits per heavy atom. The van der Waals surface area contributed by atoms with Crippen LogP contribution >= 0.6 is 23.4 Å². The first kappa shape index (κ1) is 23.9. The Balaban J connectivity index is 1.52. The van der Waals surface area contributed by atoms with Gasteiger partial charge in [0, 0.05) is 11.4 Å². The number of carbonyl (C=O) groups excluding carboxylic acids is 1. The van der Waals surface area contributed by atoms with Crippen LogP contribution in [0.4, 0.5) is 5.69 Å². The molecule has 0 radical (unpaired) electrons. The highest BCUT2D eigenvalue weighted by atomic mass is 35.5. The number of hydrogen-bond acceptors (Lipinski definition) is 5. The van der Waals surface area contributed by atoms with E-state index in [4.69, 9.17) is 16.3 Å². The highest BCUT2D eigenvalue weighted by Crippen LogP contribution is 2.31. The molecule has 0 bridgehead atoms. The van der Waals surface area contributed by atoms with Crippen molar-refractivity contribution in [3.63, 3.8) is 0 Å². The zero-order valence-electron chi connectivity index (χ0n) is 18.9. The summed E-state index contributed by atoms with van der Waals surface area (Å²) in [6.07, 6.45) is 0.535. The summed E-state index contributed by atoms with van der Waals surface area (Å²) in [5, 5.41) is 12.8. The number of nitrogens with zero attached hydrogens (tertiary/aromatic N) is 3. The number of nitrogens with one attached hydrogen (secondary N) is 1. The first-order chi connectivity index (χ1) is 16.5. The number of rotatable bonds is 9. The molecule has 0 fully saturated rings. The lowest BCUT2D eigenvalue weighted by Crippen LogP contribution is -2.15. The van der Waals surface area contributed by atoms with Crippen molar-refractivity contribution in [2.24, 2.45) is 0 Å². The standard InChI is InChI=1S/C26H25ClN4O2S/c1-3-19-13-15-20(16-14-19)28-24(32)17-34-26-30-29-25(31(26)21-9-5-4-6-10-21)18(2)33-23-12-8-7-11-22(23)27/h4-16,18H,3,17H2,1-2H3,(H,28,32). The molecular weight excluding hydrogens is 468 g/mol. The van der Waals surface area contributed by atoms with Gasteiger partial charge in [0.05, 0.1) is 10.8 Å². The molecule has 1 N–H and O–H groups in total. The van der Waals surface area contributed by atoms with E-state index >= 15 is 0 Å². The van der Waals surface area contributed by atoms with Crippen LogP contribution in [-0.2, 0) is 11.2 Å². The molecule has 1 heterocycles. The van der Waals surface area contributed by atoms with Crippen molar-refractivity contribution in [1.82, 2.24) is 14.8 Å². The van der Waals surface area contributed by atoms with E-state index in [-0.39, 0.29) is 11.7 Å². The summed E-state index contributed by atoms with van der Waals surface area (Å²) in [4.78, 5) is 12.6. The predicted molar refractivity (Wildman–Crippen MR) is 137 cm³/mol. The van der Waals surface area contributed by atoms with Crippen molar-refractivity contribution in [1.29, 1.82) is 0 Å². The molecule has 0 aliphatic carbocycles. The summed E-state index contributed by atoms with van der Waals surface area (Å²) >= 11 is 7.59. The third-order valence-electron chi connectivity index (χ3n) is 5.16. The van der Waals surface area contributed by atoms with Crippen LogP contribution in [0, 0.1) is 0 Å². The quantitative estimate of drug-likeness (QED) is 0.275. The van der Waals surface area contributed by atoms with Gasteiger partial charge in [0.2, 0.25) is 5.91 Å². The van der Waals surface area contributed by atoms with Gasteiger partial charge in [0.15, 0.2) is 17.1 Å². The molecular formula is C26H25ClN4O2S.